The molecule has 3 heteroatoms. The maximum Gasteiger partial charge on any atom is 0.0604 e. The molecule has 0 aromatic carbocycles. The first kappa shape index (κ1) is 14.9. The van der Waals surface area contributed by atoms with E-state index in [0.29, 0.717) is 12.1 Å². The van der Waals surface area contributed by atoms with Gasteiger partial charge in [-0.15, -0.1) is 0 Å². The zero-order chi connectivity index (χ0) is 12.7. The molecule has 0 aromatic heterocycles. The molecule has 3 nitrogen and oxygen atoms in total. The van der Waals surface area contributed by atoms with Gasteiger partial charge >= 0.3 is 0 Å². The monoisotopic (exact) mass is 242 g/mol. The first-order valence-electron chi connectivity index (χ1n) is 7.18. The van der Waals surface area contributed by atoms with Gasteiger partial charge in [-0.1, -0.05) is 0 Å². The van der Waals surface area contributed by atoms with E-state index in [1.165, 1.54) is 32.2 Å². The SMILES string of the molecule is CCOC1CC(NCCCCN(C)C(C)C)C1. The third-order valence-corrected chi connectivity index (χ3v) is 3.75. The van der Waals surface area contributed by atoms with Crippen LogP contribution in [0.15, 0.2) is 0 Å². The number of ether oxygens (including phenoxy) is 1. The third kappa shape index (κ3) is 5.84. The van der Waals surface area contributed by atoms with Crippen LogP contribution >= 0.6 is 0 Å². The summed E-state index contributed by atoms with van der Waals surface area (Å²) in [4.78, 5) is 2.41. The summed E-state index contributed by atoms with van der Waals surface area (Å²) in [6.45, 7) is 9.81. The van der Waals surface area contributed by atoms with Crippen molar-refractivity contribution in [2.24, 2.45) is 0 Å². The van der Waals surface area contributed by atoms with Crippen LogP contribution in [0, 0.1) is 0 Å². The van der Waals surface area contributed by atoms with Gasteiger partial charge in [0.2, 0.25) is 0 Å². The summed E-state index contributed by atoms with van der Waals surface area (Å²) in [5.41, 5.74) is 0. The van der Waals surface area contributed by atoms with Crippen LogP contribution in [0.25, 0.3) is 0 Å². The fraction of sp³-hybridized carbons (Fsp3) is 1.00. The van der Waals surface area contributed by atoms with E-state index < -0.39 is 0 Å². The van der Waals surface area contributed by atoms with E-state index in [0.717, 1.165) is 19.2 Å². The van der Waals surface area contributed by atoms with Gasteiger partial charge in [-0.3, -0.25) is 0 Å². The fourth-order valence-electron chi connectivity index (χ4n) is 2.15. The molecule has 0 radical (unpaired) electrons. The molecule has 0 bridgehead atoms. The van der Waals surface area contributed by atoms with E-state index in [4.69, 9.17) is 4.74 Å². The van der Waals surface area contributed by atoms with Gasteiger partial charge in [-0.2, -0.15) is 0 Å². The molecule has 1 aliphatic rings. The predicted molar refractivity (Wildman–Crippen MR) is 73.4 cm³/mol. The van der Waals surface area contributed by atoms with Crippen molar-refractivity contribution < 1.29 is 4.74 Å². The van der Waals surface area contributed by atoms with E-state index in [1.54, 1.807) is 0 Å². The highest BCUT2D eigenvalue weighted by Gasteiger charge is 2.28. The molecule has 0 heterocycles. The Hall–Kier alpha value is -0.120. The summed E-state index contributed by atoms with van der Waals surface area (Å²) in [7, 11) is 2.21. The highest BCUT2D eigenvalue weighted by Crippen LogP contribution is 2.22. The van der Waals surface area contributed by atoms with E-state index in [-0.39, 0.29) is 0 Å². The maximum atomic E-state index is 5.55. The second kappa shape index (κ2) is 8.06. The van der Waals surface area contributed by atoms with E-state index >= 15 is 0 Å². The Morgan fingerprint density at radius 2 is 2.00 bits per heavy atom. The largest absolute Gasteiger partial charge is 0.378 e. The van der Waals surface area contributed by atoms with Crippen LogP contribution in [0.4, 0.5) is 0 Å². The van der Waals surface area contributed by atoms with Crippen molar-refractivity contribution >= 4 is 0 Å². The standard InChI is InChI=1S/C14H30N2O/c1-5-17-14-10-13(11-14)15-8-6-7-9-16(4)12(2)3/h12-15H,5-11H2,1-4H3. The Morgan fingerprint density at radius 3 is 2.59 bits per heavy atom. The molecule has 1 N–H and O–H groups in total. The van der Waals surface area contributed by atoms with Gasteiger partial charge in [0.1, 0.15) is 0 Å². The molecule has 0 atom stereocenters. The predicted octanol–water partition coefficient (Wildman–Crippen LogP) is 2.26. The molecule has 102 valence electrons. The summed E-state index contributed by atoms with van der Waals surface area (Å²) in [6.07, 6.45) is 5.53. The van der Waals surface area contributed by atoms with Crippen LogP contribution in [-0.4, -0.2) is 49.8 Å². The van der Waals surface area contributed by atoms with E-state index in [1.807, 2.05) is 0 Å². The minimum absolute atomic E-state index is 0.532. The molecular formula is C14H30N2O. The normalized spacial score (nSPS) is 24.4. The molecule has 0 amide bonds. The van der Waals surface area contributed by atoms with Gasteiger partial charge in [0, 0.05) is 18.7 Å². The average molecular weight is 242 g/mol. The van der Waals surface area contributed by atoms with Gasteiger partial charge in [-0.05, 0) is 66.6 Å². The Morgan fingerprint density at radius 1 is 1.29 bits per heavy atom. The summed E-state index contributed by atoms with van der Waals surface area (Å²) < 4.78 is 5.55. The molecule has 1 fully saturated rings. The Kier molecular flexibility index (Phi) is 7.09. The van der Waals surface area contributed by atoms with Crippen molar-refractivity contribution in [1.82, 2.24) is 10.2 Å². The number of hydrogen-bond acceptors (Lipinski definition) is 3. The Balaban J connectivity index is 1.86. The zero-order valence-electron chi connectivity index (χ0n) is 12.0. The Labute approximate surface area is 107 Å². The molecule has 0 saturated heterocycles. The highest BCUT2D eigenvalue weighted by atomic mass is 16.5. The topological polar surface area (TPSA) is 24.5 Å². The van der Waals surface area contributed by atoms with Gasteiger partial charge in [0.15, 0.2) is 0 Å². The van der Waals surface area contributed by atoms with Crippen molar-refractivity contribution in [1.29, 1.82) is 0 Å². The number of nitrogens with one attached hydrogen (secondary N) is 1. The maximum absolute atomic E-state index is 5.55. The first-order chi connectivity index (χ1) is 8.13. The van der Waals surface area contributed by atoms with Crippen molar-refractivity contribution in [2.75, 3.05) is 26.7 Å². The molecule has 17 heavy (non-hydrogen) atoms. The lowest BCUT2D eigenvalue weighted by Crippen LogP contribution is -2.45. The molecule has 1 saturated carbocycles. The minimum Gasteiger partial charge on any atom is -0.378 e. The van der Waals surface area contributed by atoms with Gasteiger partial charge in [0.05, 0.1) is 6.10 Å². The van der Waals surface area contributed by atoms with Crippen LogP contribution in [0.3, 0.4) is 0 Å². The molecule has 0 unspecified atom stereocenters. The lowest BCUT2D eigenvalue weighted by atomic mass is 9.89. The third-order valence-electron chi connectivity index (χ3n) is 3.75. The molecule has 1 aliphatic carbocycles. The second-order valence-corrected chi connectivity index (χ2v) is 5.48. The summed E-state index contributed by atoms with van der Waals surface area (Å²) in [6, 6.07) is 1.39. The summed E-state index contributed by atoms with van der Waals surface area (Å²) >= 11 is 0. The molecule has 0 spiro atoms. The highest BCUT2D eigenvalue weighted by molar-refractivity contribution is 4.85. The molecule has 0 aliphatic heterocycles. The average Bonchev–Trinajstić information content (AvgIpc) is 2.24. The second-order valence-electron chi connectivity index (χ2n) is 5.48. The summed E-state index contributed by atoms with van der Waals surface area (Å²) in [5, 5.41) is 3.61. The quantitative estimate of drug-likeness (QED) is 0.628. The lowest BCUT2D eigenvalue weighted by molar-refractivity contribution is -0.00978. The molecular weight excluding hydrogens is 212 g/mol. The molecule has 0 aromatic rings. The summed E-state index contributed by atoms with van der Waals surface area (Å²) in [5.74, 6) is 0. The van der Waals surface area contributed by atoms with Crippen LogP contribution in [0.2, 0.25) is 0 Å². The van der Waals surface area contributed by atoms with Crippen LogP contribution in [0.5, 0.6) is 0 Å². The lowest BCUT2D eigenvalue weighted by Gasteiger charge is -2.35. The van der Waals surface area contributed by atoms with Crippen LogP contribution in [0.1, 0.15) is 46.5 Å². The van der Waals surface area contributed by atoms with Crippen molar-refractivity contribution in [3.8, 4) is 0 Å². The van der Waals surface area contributed by atoms with E-state index in [9.17, 15) is 0 Å². The first-order valence-corrected chi connectivity index (χ1v) is 7.18. The van der Waals surface area contributed by atoms with Crippen molar-refractivity contribution in [3.63, 3.8) is 0 Å². The van der Waals surface area contributed by atoms with Gasteiger partial charge in [-0.25, -0.2) is 0 Å². The number of hydrogen-bond donors (Lipinski definition) is 1. The minimum atomic E-state index is 0.532. The van der Waals surface area contributed by atoms with E-state index in [2.05, 4.69) is 38.0 Å². The number of rotatable bonds is 9. The zero-order valence-corrected chi connectivity index (χ0v) is 12.0. The van der Waals surface area contributed by atoms with Crippen LogP contribution in [-0.2, 0) is 4.74 Å². The van der Waals surface area contributed by atoms with Crippen molar-refractivity contribution in [2.45, 2.75) is 64.6 Å². The fourth-order valence-corrected chi connectivity index (χ4v) is 2.15. The number of nitrogens with zero attached hydrogens (tertiary/aromatic N) is 1. The van der Waals surface area contributed by atoms with Crippen LogP contribution < -0.4 is 5.32 Å². The van der Waals surface area contributed by atoms with Gasteiger partial charge < -0.3 is 15.0 Å². The van der Waals surface area contributed by atoms with Crippen molar-refractivity contribution in [3.05, 3.63) is 0 Å². The smallest absolute Gasteiger partial charge is 0.0604 e. The molecule has 1 rings (SSSR count). The Bertz CT molecular complexity index is 191. The number of unbranched alkanes of at least 4 members (excludes halogenated alkanes) is 1. The van der Waals surface area contributed by atoms with Gasteiger partial charge in [0.25, 0.3) is 0 Å².